The molecule has 11 N–H and O–H groups in total. The molecule has 4 rings (SSSR count). The number of nitrogens with zero attached hydrogens (tertiary/aromatic N) is 6. The molecule has 2 atom stereocenters. The third-order valence-electron chi connectivity index (χ3n) is 5.67. The highest BCUT2D eigenvalue weighted by Gasteiger charge is 2.54. The SMILES string of the molecule is CC(C)(O/N=C(\C(=O)NC1C(=O)N2C(C(=O)O)=C(CSc3nc(N)cc(N)[n+]3N)CS[C@H]12)c1nsc(N)n1)C(=O)O. The molecule has 0 radical (unpaired) electrons. The minimum atomic E-state index is -1.80. The maximum absolute atomic E-state index is 13.2. The number of thioether (sulfide) groups is 2. The molecule has 4 heterocycles. The second kappa shape index (κ2) is 11.2. The van der Waals surface area contributed by atoms with E-state index < -0.39 is 46.5 Å². The van der Waals surface area contributed by atoms with Crippen molar-refractivity contribution in [3.8, 4) is 0 Å². The third-order valence-corrected chi connectivity index (χ3v) is 8.59. The van der Waals surface area contributed by atoms with E-state index in [0.717, 1.165) is 32.9 Å². The van der Waals surface area contributed by atoms with Crippen molar-refractivity contribution >= 4 is 81.3 Å². The molecule has 218 valence electrons. The summed E-state index contributed by atoms with van der Waals surface area (Å²) in [5.41, 5.74) is 15.0. The smallest absolute Gasteiger partial charge is 0.352 e. The van der Waals surface area contributed by atoms with Gasteiger partial charge in [-0.05, 0) is 31.2 Å². The molecule has 2 aliphatic rings. The van der Waals surface area contributed by atoms with Gasteiger partial charge >= 0.3 is 17.1 Å². The highest BCUT2D eigenvalue weighted by molar-refractivity contribution is 8.01. The number of aliphatic carboxylic acids is 2. The van der Waals surface area contributed by atoms with Crippen LogP contribution in [-0.2, 0) is 24.0 Å². The molecule has 2 aromatic heterocycles. The fourth-order valence-electron chi connectivity index (χ4n) is 3.50. The largest absolute Gasteiger partial charge is 0.478 e. The number of carbonyl (C=O) groups excluding carboxylic acids is 2. The number of hydrogen-bond donors (Lipinski definition) is 7. The molecule has 2 amide bonds. The molecule has 2 aromatic rings. The molecule has 1 unspecified atom stereocenters. The van der Waals surface area contributed by atoms with Crippen LogP contribution < -0.4 is 33.0 Å². The molecule has 41 heavy (non-hydrogen) atoms. The lowest BCUT2D eigenvalue weighted by molar-refractivity contribution is -0.667. The van der Waals surface area contributed by atoms with Gasteiger partial charge in [0.2, 0.25) is 28.8 Å². The first-order valence-electron chi connectivity index (χ1n) is 11.4. The van der Waals surface area contributed by atoms with Crippen LogP contribution in [0.2, 0.25) is 0 Å². The Morgan fingerprint density at radius 2 is 2.00 bits per heavy atom. The van der Waals surface area contributed by atoms with E-state index in [0.29, 0.717) is 5.57 Å². The first kappa shape index (κ1) is 29.6. The average molecular weight is 627 g/mol. The quantitative estimate of drug-likeness (QED) is 0.0280. The number of aromatic nitrogens is 4. The van der Waals surface area contributed by atoms with Crippen molar-refractivity contribution in [2.24, 2.45) is 5.16 Å². The Kier molecular flexibility index (Phi) is 8.12. The molecule has 0 saturated carbocycles. The van der Waals surface area contributed by atoms with E-state index in [1.54, 1.807) is 0 Å². The number of amides is 2. The Hall–Kier alpha value is -4.37. The zero-order valence-corrected chi connectivity index (χ0v) is 23.7. The topological polar surface area (TPSA) is 292 Å². The van der Waals surface area contributed by atoms with Crippen LogP contribution in [0.4, 0.5) is 16.8 Å². The zero-order valence-electron chi connectivity index (χ0n) is 21.3. The molecule has 1 saturated heterocycles. The summed E-state index contributed by atoms with van der Waals surface area (Å²) in [6.45, 7) is 2.42. The van der Waals surface area contributed by atoms with E-state index >= 15 is 0 Å². The zero-order chi connectivity index (χ0) is 30.2. The Morgan fingerprint density at radius 1 is 1.29 bits per heavy atom. The summed E-state index contributed by atoms with van der Waals surface area (Å²) in [6.07, 6.45) is 0. The van der Waals surface area contributed by atoms with Crippen molar-refractivity contribution < 1.29 is 38.9 Å². The molecule has 18 nitrogen and oxygen atoms in total. The second-order valence-corrected chi connectivity index (χ2v) is 11.8. The fraction of sp³-hybridized carbons (Fsp3) is 0.350. The number of nitrogens with one attached hydrogen (secondary N) is 1. The molecule has 0 aliphatic carbocycles. The van der Waals surface area contributed by atoms with Crippen LogP contribution in [0.1, 0.15) is 19.7 Å². The lowest BCUT2D eigenvalue weighted by atomic mass is 10.0. The van der Waals surface area contributed by atoms with Crippen LogP contribution in [0.15, 0.2) is 27.6 Å². The highest BCUT2D eigenvalue weighted by Crippen LogP contribution is 2.41. The van der Waals surface area contributed by atoms with Gasteiger partial charge in [0.25, 0.3) is 11.8 Å². The van der Waals surface area contributed by atoms with E-state index in [1.165, 1.54) is 31.7 Å². The van der Waals surface area contributed by atoms with Gasteiger partial charge in [0.05, 0.1) is 6.07 Å². The standard InChI is InChI=1S/C20H23N11O7S3/c1-20(2,17(36)37)38-28-9(12-27-18(23)41-29-12)13(32)26-10-14(33)30-11(16(34)35)6(4-39-15(10)30)5-40-19-25-7(21)3-8(22)31(19)24/h3,10,15H,4-5,24H2,1-2H3,(H8,21,22,23,26,27,29,32,34,35,36,37)/p+1/b28-9-/t10?,15-/m1/s1. The lowest BCUT2D eigenvalue weighted by Crippen LogP contribution is -2.71. The lowest BCUT2D eigenvalue weighted by Gasteiger charge is -2.49. The van der Waals surface area contributed by atoms with E-state index in [4.69, 9.17) is 27.9 Å². The van der Waals surface area contributed by atoms with Crippen molar-refractivity contribution in [3.05, 3.63) is 23.2 Å². The van der Waals surface area contributed by atoms with Crippen LogP contribution >= 0.6 is 35.1 Å². The van der Waals surface area contributed by atoms with Crippen molar-refractivity contribution in [1.82, 2.24) is 24.6 Å². The van der Waals surface area contributed by atoms with E-state index in [1.807, 2.05) is 0 Å². The summed E-state index contributed by atoms with van der Waals surface area (Å²) < 4.78 is 5.01. The van der Waals surface area contributed by atoms with Crippen LogP contribution in [-0.4, -0.2) is 87.4 Å². The van der Waals surface area contributed by atoms with Crippen molar-refractivity contribution in [2.45, 2.75) is 36.0 Å². The molecule has 2 aliphatic heterocycles. The number of oxime groups is 1. The Morgan fingerprint density at radius 3 is 2.61 bits per heavy atom. The molecule has 21 heteroatoms. The summed E-state index contributed by atoms with van der Waals surface area (Å²) in [6, 6.07) is 0.237. The minimum absolute atomic E-state index is 0.00425. The van der Waals surface area contributed by atoms with Gasteiger partial charge in [-0.25, -0.2) is 9.59 Å². The summed E-state index contributed by atoms with van der Waals surface area (Å²) in [4.78, 5) is 63.9. The van der Waals surface area contributed by atoms with Crippen LogP contribution in [0, 0.1) is 0 Å². The first-order valence-corrected chi connectivity index (χ1v) is 14.2. The Bertz CT molecular complexity index is 1510. The average Bonchev–Trinajstić information content (AvgIpc) is 3.33. The first-order chi connectivity index (χ1) is 19.2. The minimum Gasteiger partial charge on any atom is -0.478 e. The predicted octanol–water partition coefficient (Wildman–Crippen LogP) is -2.20. The summed E-state index contributed by atoms with van der Waals surface area (Å²) in [7, 11) is 0. The van der Waals surface area contributed by atoms with Gasteiger partial charge in [-0.3, -0.25) is 20.3 Å². The third kappa shape index (κ3) is 5.90. The number of hydrogen-bond acceptors (Lipinski definition) is 16. The number of fused-ring (bicyclic) bond motifs is 1. The maximum Gasteiger partial charge on any atom is 0.352 e. The predicted molar refractivity (Wildman–Crippen MR) is 147 cm³/mol. The van der Waals surface area contributed by atoms with E-state index in [9.17, 15) is 29.4 Å². The molecular weight excluding hydrogens is 602 g/mol. The van der Waals surface area contributed by atoms with E-state index in [-0.39, 0.29) is 45.0 Å². The number of β-lactam (4-membered cyclic amide) rings is 1. The Labute approximate surface area is 243 Å². The number of anilines is 3. The van der Waals surface area contributed by atoms with Crippen LogP contribution in [0.5, 0.6) is 0 Å². The van der Waals surface area contributed by atoms with E-state index in [2.05, 4.69) is 24.8 Å². The number of rotatable bonds is 10. The van der Waals surface area contributed by atoms with Crippen molar-refractivity contribution in [3.63, 3.8) is 0 Å². The number of carboxylic acids is 2. The van der Waals surface area contributed by atoms with Crippen LogP contribution in [0.3, 0.4) is 0 Å². The van der Waals surface area contributed by atoms with Gasteiger partial charge in [0, 0.05) is 23.0 Å². The van der Waals surface area contributed by atoms with Gasteiger partial charge in [-0.15, -0.1) is 16.4 Å². The molecule has 0 bridgehead atoms. The molecule has 0 spiro atoms. The normalized spacial score (nSPS) is 18.9. The highest BCUT2D eigenvalue weighted by atomic mass is 32.2. The molecular formula is C20H24N11O7S3+. The molecule has 0 aromatic carbocycles. The maximum atomic E-state index is 13.2. The van der Waals surface area contributed by atoms with Crippen molar-refractivity contribution in [1.29, 1.82) is 0 Å². The number of nitrogen functional groups attached to an aromatic ring is 4. The number of carboxylic acid groups (broad SMARTS) is 2. The number of carbonyl (C=O) groups is 4. The fourth-order valence-corrected chi connectivity index (χ4v) is 6.37. The van der Waals surface area contributed by atoms with Gasteiger partial charge < -0.3 is 37.6 Å². The van der Waals surface area contributed by atoms with Gasteiger partial charge in [0.1, 0.15) is 17.1 Å². The molecule has 1 fully saturated rings. The van der Waals surface area contributed by atoms with Crippen molar-refractivity contribution in [2.75, 3.05) is 34.5 Å². The Balaban J connectivity index is 1.53. The van der Waals surface area contributed by atoms with Crippen LogP contribution in [0.25, 0.3) is 0 Å². The van der Waals surface area contributed by atoms with Gasteiger partial charge in [-0.1, -0.05) is 10.1 Å². The van der Waals surface area contributed by atoms with Gasteiger partial charge in [-0.2, -0.15) is 9.36 Å². The number of nitrogens with two attached hydrogens (primary N) is 4. The summed E-state index contributed by atoms with van der Waals surface area (Å²) in [5, 5.41) is 24.8. The second-order valence-electron chi connectivity index (χ2n) is 8.97. The summed E-state index contributed by atoms with van der Waals surface area (Å²) >= 11 is 3.07. The monoisotopic (exact) mass is 626 g/mol. The summed E-state index contributed by atoms with van der Waals surface area (Å²) in [5.74, 6) is 1.90. The van der Waals surface area contributed by atoms with Gasteiger partial charge in [0.15, 0.2) is 5.13 Å².